The number of hydrogen-bond acceptors (Lipinski definition) is 6. The van der Waals surface area contributed by atoms with Crippen molar-refractivity contribution in [2.75, 3.05) is 0 Å². The van der Waals surface area contributed by atoms with Crippen molar-refractivity contribution in [3.8, 4) is 0 Å². The van der Waals surface area contributed by atoms with Crippen molar-refractivity contribution in [3.63, 3.8) is 0 Å². The van der Waals surface area contributed by atoms with Crippen molar-refractivity contribution in [1.82, 2.24) is 30.4 Å². The normalized spacial score (nSPS) is 11.6. The van der Waals surface area contributed by atoms with Gasteiger partial charge in [-0.2, -0.15) is 18.3 Å². The number of carbonyl (C=O) groups excluding carboxylic acids is 2. The van der Waals surface area contributed by atoms with Gasteiger partial charge in [-0.3, -0.25) is 9.59 Å². The van der Waals surface area contributed by atoms with Crippen LogP contribution in [0.2, 0.25) is 0 Å². The largest absolute Gasteiger partial charge is 0.389 e. The van der Waals surface area contributed by atoms with E-state index in [4.69, 9.17) is 4.52 Å². The lowest BCUT2D eigenvalue weighted by Crippen LogP contribution is -2.24. The van der Waals surface area contributed by atoms with Crippen molar-refractivity contribution in [3.05, 3.63) is 46.7 Å². The van der Waals surface area contributed by atoms with E-state index in [2.05, 4.69) is 25.9 Å². The van der Waals surface area contributed by atoms with Crippen LogP contribution in [0.3, 0.4) is 0 Å². The van der Waals surface area contributed by atoms with E-state index in [0.717, 1.165) is 0 Å². The first-order chi connectivity index (χ1) is 14.1. The molecule has 0 bridgehead atoms. The van der Waals surface area contributed by atoms with E-state index in [1.165, 1.54) is 10.7 Å². The fourth-order valence-corrected chi connectivity index (χ4v) is 2.76. The van der Waals surface area contributed by atoms with Gasteiger partial charge in [-0.15, -0.1) is 0 Å². The molecule has 3 rings (SSSR count). The van der Waals surface area contributed by atoms with Crippen LogP contribution >= 0.6 is 0 Å². The molecule has 0 aliphatic heterocycles. The number of nitrogens with zero attached hydrogens (tertiary/aromatic N) is 4. The Morgan fingerprint density at radius 1 is 1.20 bits per heavy atom. The monoisotopic (exact) mass is 424 g/mol. The van der Waals surface area contributed by atoms with Gasteiger partial charge in [0.15, 0.2) is 5.65 Å². The molecule has 0 atom stereocenters. The van der Waals surface area contributed by atoms with Crippen molar-refractivity contribution in [2.24, 2.45) is 0 Å². The zero-order valence-electron chi connectivity index (χ0n) is 16.2. The average molecular weight is 424 g/mol. The van der Waals surface area contributed by atoms with Crippen LogP contribution in [0.15, 0.2) is 23.0 Å². The number of aromatic nitrogens is 4. The molecule has 160 valence electrons. The van der Waals surface area contributed by atoms with Crippen molar-refractivity contribution >= 4 is 17.5 Å². The number of halogens is 3. The van der Waals surface area contributed by atoms with Crippen molar-refractivity contribution in [1.29, 1.82) is 0 Å². The van der Waals surface area contributed by atoms with Gasteiger partial charge in [0.05, 0.1) is 36.7 Å². The second-order valence-corrected chi connectivity index (χ2v) is 6.67. The van der Waals surface area contributed by atoms with Crippen LogP contribution in [0, 0.1) is 13.8 Å². The fraction of sp³-hybridized carbons (Fsp3) is 0.389. The van der Waals surface area contributed by atoms with Crippen LogP contribution in [0.5, 0.6) is 0 Å². The summed E-state index contributed by atoms with van der Waals surface area (Å²) < 4.78 is 42.9. The van der Waals surface area contributed by atoms with Crippen LogP contribution in [-0.2, 0) is 17.9 Å². The topological polar surface area (TPSA) is 114 Å². The molecule has 0 fully saturated rings. The highest BCUT2D eigenvalue weighted by atomic mass is 19.4. The number of nitrogens with one attached hydrogen (secondary N) is 2. The van der Waals surface area contributed by atoms with E-state index in [1.807, 2.05) is 0 Å². The van der Waals surface area contributed by atoms with E-state index in [-0.39, 0.29) is 19.0 Å². The van der Waals surface area contributed by atoms with Gasteiger partial charge in [0.2, 0.25) is 5.91 Å². The van der Waals surface area contributed by atoms with Gasteiger partial charge in [-0.05, 0) is 25.5 Å². The fourth-order valence-electron chi connectivity index (χ4n) is 2.76. The highest BCUT2D eigenvalue weighted by Crippen LogP contribution is 2.21. The first-order valence-corrected chi connectivity index (χ1v) is 9.00. The smallest absolute Gasteiger partial charge is 0.361 e. The van der Waals surface area contributed by atoms with Crippen LogP contribution < -0.4 is 10.6 Å². The summed E-state index contributed by atoms with van der Waals surface area (Å²) in [4.78, 5) is 28.2. The number of aryl methyl sites for hydroxylation is 2. The van der Waals surface area contributed by atoms with Crippen molar-refractivity contribution < 1.29 is 27.3 Å². The lowest BCUT2D eigenvalue weighted by molar-refractivity contribution is -0.144. The van der Waals surface area contributed by atoms with Gasteiger partial charge < -0.3 is 15.2 Å². The van der Waals surface area contributed by atoms with Gasteiger partial charge in [-0.1, -0.05) is 5.16 Å². The molecular weight excluding hydrogens is 405 g/mol. The average Bonchev–Trinajstić information content (AvgIpc) is 3.24. The summed E-state index contributed by atoms with van der Waals surface area (Å²) in [5.41, 5.74) is 2.47. The van der Waals surface area contributed by atoms with E-state index in [9.17, 15) is 22.8 Å². The zero-order chi connectivity index (χ0) is 21.9. The highest BCUT2D eigenvalue weighted by Gasteiger charge is 2.27. The number of amides is 2. The van der Waals surface area contributed by atoms with Gasteiger partial charge in [-0.25, -0.2) is 9.50 Å². The number of carbonyl (C=O) groups is 2. The molecule has 9 nitrogen and oxygen atoms in total. The van der Waals surface area contributed by atoms with E-state index in [0.29, 0.717) is 33.9 Å². The lowest BCUT2D eigenvalue weighted by atomic mass is 10.2. The molecule has 0 radical (unpaired) electrons. The minimum Gasteiger partial charge on any atom is -0.361 e. The molecule has 0 aliphatic carbocycles. The van der Waals surface area contributed by atoms with Crippen molar-refractivity contribution in [2.45, 2.75) is 46.0 Å². The standard InChI is InChI=1S/C18H19F3N6O3/c1-10-16(11(2)30-26-10)17(29)23-8-13-9-27-14(25-13)5-12(7-24-27)6-22-15(28)3-4-18(19,20)21/h5,7,9H,3-4,6,8H2,1-2H3,(H,22,28)(H,23,29). The summed E-state index contributed by atoms with van der Waals surface area (Å²) in [6.07, 6.45) is -3.05. The first-order valence-electron chi connectivity index (χ1n) is 9.00. The second-order valence-electron chi connectivity index (χ2n) is 6.67. The van der Waals surface area contributed by atoms with Crippen LogP contribution in [0.1, 0.15) is 45.9 Å². The Morgan fingerprint density at radius 3 is 2.63 bits per heavy atom. The molecule has 0 aliphatic rings. The zero-order valence-corrected chi connectivity index (χ0v) is 16.2. The quantitative estimate of drug-likeness (QED) is 0.601. The van der Waals surface area contributed by atoms with E-state index >= 15 is 0 Å². The summed E-state index contributed by atoms with van der Waals surface area (Å²) in [5, 5.41) is 13.0. The number of fused-ring (bicyclic) bond motifs is 1. The number of imidazole rings is 1. The van der Waals surface area contributed by atoms with E-state index in [1.54, 1.807) is 26.1 Å². The minimum atomic E-state index is -4.37. The maximum absolute atomic E-state index is 12.3. The Kier molecular flexibility index (Phi) is 6.04. The van der Waals surface area contributed by atoms with Crippen LogP contribution in [0.4, 0.5) is 13.2 Å². The molecule has 3 aromatic heterocycles. The second kappa shape index (κ2) is 8.51. The minimum absolute atomic E-state index is 0.0329. The first kappa shape index (κ1) is 21.3. The SMILES string of the molecule is Cc1noc(C)c1C(=O)NCc1cn2ncc(CNC(=O)CCC(F)(F)F)cc2n1. The predicted molar refractivity (Wildman–Crippen MR) is 97.3 cm³/mol. The third-order valence-electron chi connectivity index (χ3n) is 4.24. The van der Waals surface area contributed by atoms with E-state index < -0.39 is 24.9 Å². The molecular formula is C18H19F3N6O3. The lowest BCUT2D eigenvalue weighted by Gasteiger charge is -2.07. The van der Waals surface area contributed by atoms with Gasteiger partial charge in [0, 0.05) is 13.0 Å². The van der Waals surface area contributed by atoms with Gasteiger partial charge >= 0.3 is 6.18 Å². The maximum Gasteiger partial charge on any atom is 0.389 e. The molecule has 3 aromatic rings. The summed E-state index contributed by atoms with van der Waals surface area (Å²) in [7, 11) is 0. The number of hydrogen-bond donors (Lipinski definition) is 2. The number of rotatable bonds is 7. The Morgan fingerprint density at radius 2 is 1.97 bits per heavy atom. The molecule has 2 N–H and O–H groups in total. The molecule has 2 amide bonds. The number of alkyl halides is 3. The summed E-state index contributed by atoms with van der Waals surface area (Å²) in [6, 6.07) is 1.65. The molecule has 0 saturated carbocycles. The Labute approximate surface area is 168 Å². The molecule has 0 saturated heterocycles. The van der Waals surface area contributed by atoms with Crippen LogP contribution in [0.25, 0.3) is 5.65 Å². The van der Waals surface area contributed by atoms with Gasteiger partial charge in [0.25, 0.3) is 5.91 Å². The molecule has 0 unspecified atom stereocenters. The summed E-state index contributed by atoms with van der Waals surface area (Å²) >= 11 is 0. The summed E-state index contributed by atoms with van der Waals surface area (Å²) in [5.74, 6) is -0.611. The molecule has 0 aromatic carbocycles. The maximum atomic E-state index is 12.3. The third kappa shape index (κ3) is 5.33. The molecule has 12 heteroatoms. The molecule has 0 spiro atoms. The molecule has 30 heavy (non-hydrogen) atoms. The summed E-state index contributed by atoms with van der Waals surface area (Å²) in [6.45, 7) is 3.50. The predicted octanol–water partition coefficient (Wildman–Crippen LogP) is 2.22. The Hall–Kier alpha value is -3.44. The van der Waals surface area contributed by atoms with Gasteiger partial charge in [0.1, 0.15) is 11.3 Å². The Balaban J connectivity index is 1.58. The Bertz CT molecular complexity index is 1050. The third-order valence-corrected chi connectivity index (χ3v) is 4.24. The molecule has 3 heterocycles. The highest BCUT2D eigenvalue weighted by molar-refractivity contribution is 5.96. The van der Waals surface area contributed by atoms with Crippen LogP contribution in [-0.4, -0.2) is 37.7 Å².